The smallest absolute Gasteiger partial charge is 0.128 e. The van der Waals surface area contributed by atoms with Crippen LogP contribution in [0, 0.1) is 11.8 Å². The van der Waals surface area contributed by atoms with E-state index in [-0.39, 0.29) is 0 Å². The molecule has 1 aliphatic rings. The second-order valence-electron chi connectivity index (χ2n) is 4.01. The molecule has 4 nitrogen and oxygen atoms in total. The summed E-state index contributed by atoms with van der Waals surface area (Å²) in [5.41, 5.74) is 5.33. The quantitative estimate of drug-likeness (QED) is 0.735. The highest BCUT2D eigenvalue weighted by Gasteiger charge is 2.16. The molecule has 1 fully saturated rings. The minimum Gasteiger partial charge on any atom is -0.354 e. The van der Waals surface area contributed by atoms with Crippen molar-refractivity contribution in [2.24, 2.45) is 5.73 Å². The van der Waals surface area contributed by atoms with Crippen molar-refractivity contribution in [1.82, 2.24) is 9.88 Å². The fourth-order valence-electron chi connectivity index (χ4n) is 1.92. The van der Waals surface area contributed by atoms with Crippen LogP contribution < -0.4 is 10.6 Å². The van der Waals surface area contributed by atoms with E-state index in [0.717, 1.165) is 38.5 Å². The molecule has 0 bridgehead atoms. The van der Waals surface area contributed by atoms with Crippen molar-refractivity contribution in [2.75, 3.05) is 44.2 Å². The maximum atomic E-state index is 5.33. The molecule has 2 heterocycles. The van der Waals surface area contributed by atoms with Gasteiger partial charge in [0.2, 0.25) is 0 Å². The average Bonchev–Trinajstić information content (AvgIpc) is 2.41. The van der Waals surface area contributed by atoms with E-state index in [1.54, 1.807) is 0 Å². The molecule has 1 aliphatic heterocycles. The van der Waals surface area contributed by atoms with Crippen LogP contribution >= 0.6 is 0 Å². The van der Waals surface area contributed by atoms with Gasteiger partial charge in [0, 0.05) is 32.4 Å². The summed E-state index contributed by atoms with van der Waals surface area (Å²) in [5, 5.41) is 0. The molecule has 0 radical (unpaired) electrons. The Morgan fingerprint density at radius 3 is 2.65 bits per heavy atom. The minimum absolute atomic E-state index is 0.452. The summed E-state index contributed by atoms with van der Waals surface area (Å²) >= 11 is 0. The third-order valence-corrected chi connectivity index (χ3v) is 2.88. The summed E-state index contributed by atoms with van der Waals surface area (Å²) in [5.74, 6) is 7.04. The Balaban J connectivity index is 1.82. The summed E-state index contributed by atoms with van der Waals surface area (Å²) in [6.07, 6.45) is 1.84. The highest BCUT2D eigenvalue weighted by atomic mass is 15.3. The maximum absolute atomic E-state index is 5.33. The minimum atomic E-state index is 0.452. The van der Waals surface area contributed by atoms with Crippen LogP contribution in [0.4, 0.5) is 5.82 Å². The Bertz CT molecular complexity index is 385. The normalized spacial score (nSPS) is 16.4. The number of hydrogen-bond acceptors (Lipinski definition) is 4. The molecule has 0 spiro atoms. The van der Waals surface area contributed by atoms with Gasteiger partial charge in [0.25, 0.3) is 0 Å². The van der Waals surface area contributed by atoms with E-state index in [1.165, 1.54) is 0 Å². The fourth-order valence-corrected chi connectivity index (χ4v) is 1.92. The van der Waals surface area contributed by atoms with E-state index in [9.17, 15) is 0 Å². The van der Waals surface area contributed by atoms with Crippen LogP contribution in [-0.2, 0) is 0 Å². The molecule has 1 aromatic rings. The number of nitrogens with two attached hydrogens (primary N) is 1. The second kappa shape index (κ2) is 6.24. The molecule has 0 aliphatic carbocycles. The van der Waals surface area contributed by atoms with Gasteiger partial charge in [-0.25, -0.2) is 4.98 Å². The van der Waals surface area contributed by atoms with E-state index in [4.69, 9.17) is 5.73 Å². The second-order valence-corrected chi connectivity index (χ2v) is 4.01. The van der Waals surface area contributed by atoms with Crippen LogP contribution in [0.3, 0.4) is 0 Å². The van der Waals surface area contributed by atoms with Gasteiger partial charge in [-0.2, -0.15) is 0 Å². The lowest BCUT2D eigenvalue weighted by molar-refractivity contribution is 0.287. The molecule has 0 amide bonds. The molecule has 2 rings (SSSR count). The summed E-state index contributed by atoms with van der Waals surface area (Å²) in [7, 11) is 0. The van der Waals surface area contributed by atoms with Gasteiger partial charge >= 0.3 is 0 Å². The van der Waals surface area contributed by atoms with Crippen molar-refractivity contribution in [3.63, 3.8) is 0 Å². The summed E-state index contributed by atoms with van der Waals surface area (Å²) in [6.45, 7) is 5.38. The van der Waals surface area contributed by atoms with Crippen molar-refractivity contribution in [3.8, 4) is 11.8 Å². The highest BCUT2D eigenvalue weighted by Crippen LogP contribution is 2.11. The van der Waals surface area contributed by atoms with Gasteiger partial charge in [0.15, 0.2) is 0 Å². The molecule has 90 valence electrons. The van der Waals surface area contributed by atoms with Crippen LogP contribution in [0.25, 0.3) is 0 Å². The van der Waals surface area contributed by atoms with Crippen molar-refractivity contribution in [2.45, 2.75) is 0 Å². The first-order chi connectivity index (χ1) is 8.40. The van der Waals surface area contributed by atoms with Crippen LogP contribution in [0.1, 0.15) is 0 Å². The maximum Gasteiger partial charge on any atom is 0.128 e. The Morgan fingerprint density at radius 2 is 2.00 bits per heavy atom. The zero-order valence-corrected chi connectivity index (χ0v) is 9.97. The van der Waals surface area contributed by atoms with Gasteiger partial charge in [-0.3, -0.25) is 4.90 Å². The third-order valence-electron chi connectivity index (χ3n) is 2.88. The Labute approximate surface area is 102 Å². The average molecular weight is 230 g/mol. The van der Waals surface area contributed by atoms with E-state index < -0.39 is 0 Å². The van der Waals surface area contributed by atoms with E-state index >= 15 is 0 Å². The molecule has 4 heteroatoms. The first-order valence-corrected chi connectivity index (χ1v) is 5.94. The van der Waals surface area contributed by atoms with E-state index in [2.05, 4.69) is 32.7 Å². The zero-order valence-electron chi connectivity index (χ0n) is 9.97. The summed E-state index contributed by atoms with van der Waals surface area (Å²) in [4.78, 5) is 9.03. The van der Waals surface area contributed by atoms with Gasteiger partial charge in [-0.1, -0.05) is 17.9 Å². The van der Waals surface area contributed by atoms with Gasteiger partial charge in [0.05, 0.1) is 13.1 Å². The fraction of sp³-hybridized carbons (Fsp3) is 0.462. The Kier molecular flexibility index (Phi) is 4.37. The summed E-state index contributed by atoms with van der Waals surface area (Å²) in [6, 6.07) is 6.04. The number of rotatable bonds is 2. The van der Waals surface area contributed by atoms with Crippen molar-refractivity contribution in [1.29, 1.82) is 0 Å². The lowest BCUT2D eigenvalue weighted by atomic mass is 10.3. The van der Waals surface area contributed by atoms with Crippen LogP contribution in [-0.4, -0.2) is 49.2 Å². The molecule has 0 saturated carbocycles. The van der Waals surface area contributed by atoms with Crippen molar-refractivity contribution >= 4 is 5.82 Å². The lowest BCUT2D eigenvalue weighted by Gasteiger charge is -2.34. The van der Waals surface area contributed by atoms with Crippen LogP contribution in [0.2, 0.25) is 0 Å². The topological polar surface area (TPSA) is 45.4 Å². The monoisotopic (exact) mass is 230 g/mol. The molecular weight excluding hydrogens is 212 g/mol. The van der Waals surface area contributed by atoms with Gasteiger partial charge in [0.1, 0.15) is 5.82 Å². The van der Waals surface area contributed by atoms with Crippen molar-refractivity contribution in [3.05, 3.63) is 24.4 Å². The zero-order chi connectivity index (χ0) is 11.9. The highest BCUT2D eigenvalue weighted by molar-refractivity contribution is 5.38. The number of nitrogens with zero attached hydrogens (tertiary/aromatic N) is 3. The Hall–Kier alpha value is -1.57. The SMILES string of the molecule is NCC#CCN1CCN(c2ccccn2)CC1. The molecule has 1 saturated heterocycles. The van der Waals surface area contributed by atoms with E-state index in [1.807, 2.05) is 18.3 Å². The predicted octanol–water partition coefficient (Wildman–Crippen LogP) is 0.166. The largest absolute Gasteiger partial charge is 0.354 e. The number of pyridine rings is 1. The van der Waals surface area contributed by atoms with Gasteiger partial charge in [-0.05, 0) is 12.1 Å². The first kappa shape index (κ1) is 11.9. The van der Waals surface area contributed by atoms with Gasteiger partial charge < -0.3 is 10.6 Å². The first-order valence-electron chi connectivity index (χ1n) is 5.94. The van der Waals surface area contributed by atoms with Gasteiger partial charge in [-0.15, -0.1) is 0 Å². The summed E-state index contributed by atoms with van der Waals surface area (Å²) < 4.78 is 0. The van der Waals surface area contributed by atoms with Crippen molar-refractivity contribution < 1.29 is 0 Å². The molecule has 2 N–H and O–H groups in total. The number of aromatic nitrogens is 1. The van der Waals surface area contributed by atoms with E-state index in [0.29, 0.717) is 6.54 Å². The number of anilines is 1. The predicted molar refractivity (Wildman–Crippen MR) is 69.7 cm³/mol. The molecule has 17 heavy (non-hydrogen) atoms. The standard InChI is InChI=1S/C13H18N4/c14-6-2-4-8-16-9-11-17(12-10-16)13-5-1-3-7-15-13/h1,3,5,7H,6,8-12,14H2. The number of hydrogen-bond donors (Lipinski definition) is 1. The number of piperazine rings is 1. The Morgan fingerprint density at radius 1 is 1.18 bits per heavy atom. The molecule has 0 unspecified atom stereocenters. The molecule has 0 aromatic carbocycles. The molecular formula is C13H18N4. The van der Waals surface area contributed by atoms with Crippen LogP contribution in [0.5, 0.6) is 0 Å². The molecule has 1 aromatic heterocycles. The lowest BCUT2D eigenvalue weighted by Crippen LogP contribution is -2.46. The molecule has 0 atom stereocenters. The van der Waals surface area contributed by atoms with Crippen LogP contribution in [0.15, 0.2) is 24.4 Å². The third kappa shape index (κ3) is 3.45.